The van der Waals surface area contributed by atoms with Crippen molar-refractivity contribution in [2.75, 3.05) is 65.2 Å². The first-order valence-electron chi connectivity index (χ1n) is 18.5. The van der Waals surface area contributed by atoms with Gasteiger partial charge in [0.1, 0.15) is 11.4 Å². The minimum Gasteiger partial charge on any atom is -0.467 e. The Morgan fingerprint density at radius 1 is 0.746 bits per heavy atom. The maximum atomic E-state index is 12.7. The summed E-state index contributed by atoms with van der Waals surface area (Å²) in [6.45, 7) is 9.71. The van der Waals surface area contributed by atoms with Gasteiger partial charge < -0.3 is 63.1 Å². The fourth-order valence-electron chi connectivity index (χ4n) is 5.05. The van der Waals surface area contributed by atoms with Crippen molar-refractivity contribution in [2.45, 2.75) is 97.3 Å². The average molecular weight is 846 g/mol. The summed E-state index contributed by atoms with van der Waals surface area (Å²) in [6.07, 6.45) is -9.11. The molecule has 1 saturated heterocycles. The lowest BCUT2D eigenvalue weighted by molar-refractivity contribution is -0.282. The first kappa shape index (κ1) is 50.0. The van der Waals surface area contributed by atoms with Crippen LogP contribution in [0.1, 0.15) is 59.9 Å². The highest BCUT2D eigenvalue weighted by Crippen LogP contribution is 2.33. The molecule has 5 unspecified atom stereocenters. The number of anilines is 1. The SMILES string of the molecule is COC(=O)C1OC(Oc2ccc(NC(=O)CCC(=O)NCCOCCOCCOCCONC(=O)OC(C)(C)C)cc2CO)C(OC(C)=O)C(OC(C)=O)C1OC(C)=O. The van der Waals surface area contributed by atoms with Gasteiger partial charge in [0.15, 0.2) is 18.3 Å². The Morgan fingerprint density at radius 3 is 1.88 bits per heavy atom. The van der Waals surface area contributed by atoms with Gasteiger partial charge in [-0.1, -0.05) is 0 Å². The van der Waals surface area contributed by atoms with Gasteiger partial charge in [-0.15, -0.1) is 0 Å². The second kappa shape index (κ2) is 26.1. The smallest absolute Gasteiger partial charge is 0.431 e. The summed E-state index contributed by atoms with van der Waals surface area (Å²) >= 11 is 0. The van der Waals surface area contributed by atoms with E-state index in [1.807, 2.05) is 0 Å². The van der Waals surface area contributed by atoms with E-state index in [-0.39, 0.29) is 68.7 Å². The molecule has 22 nitrogen and oxygen atoms in total. The van der Waals surface area contributed by atoms with E-state index in [0.717, 1.165) is 27.9 Å². The lowest BCUT2D eigenvalue weighted by atomic mass is 9.97. The van der Waals surface area contributed by atoms with E-state index in [1.54, 1.807) is 20.8 Å². The molecule has 1 aromatic rings. The molecule has 22 heteroatoms. The Bertz CT molecular complexity index is 1550. The Morgan fingerprint density at radius 2 is 1.31 bits per heavy atom. The van der Waals surface area contributed by atoms with Crippen molar-refractivity contribution in [2.24, 2.45) is 0 Å². The monoisotopic (exact) mass is 845 g/mol. The molecule has 0 spiro atoms. The lowest BCUT2D eigenvalue weighted by Crippen LogP contribution is -2.64. The number of carbonyl (C=O) groups is 7. The highest BCUT2D eigenvalue weighted by Gasteiger charge is 2.56. The average Bonchev–Trinajstić information content (AvgIpc) is 3.15. The van der Waals surface area contributed by atoms with Crippen LogP contribution in [0.15, 0.2) is 18.2 Å². The van der Waals surface area contributed by atoms with Crippen molar-refractivity contribution < 1.29 is 90.9 Å². The van der Waals surface area contributed by atoms with E-state index in [4.69, 9.17) is 52.2 Å². The Balaban J connectivity index is 1.78. The minimum atomic E-state index is -1.69. The van der Waals surface area contributed by atoms with Gasteiger partial charge in [0.2, 0.25) is 24.2 Å². The molecule has 0 bridgehead atoms. The highest BCUT2D eigenvalue weighted by atomic mass is 16.7. The van der Waals surface area contributed by atoms with Crippen molar-refractivity contribution in [3.63, 3.8) is 0 Å². The molecule has 0 saturated carbocycles. The second-order valence-corrected chi connectivity index (χ2v) is 13.5. The number of aliphatic hydroxyl groups excluding tert-OH is 1. The first-order chi connectivity index (χ1) is 27.9. The number of hydrogen-bond donors (Lipinski definition) is 4. The number of hydrogen-bond acceptors (Lipinski definition) is 19. The van der Waals surface area contributed by atoms with Gasteiger partial charge in [0, 0.05) is 51.4 Å². The van der Waals surface area contributed by atoms with Crippen molar-refractivity contribution in [1.29, 1.82) is 0 Å². The standard InChI is InChI=1S/C37H55N3O19/c1-22(42)54-30-31(55-23(2)43)33(56-24(3)44)35(58-32(30)34(47)49-7)57-27-9-8-26(20-25(27)21-41)39-29(46)11-10-28(45)38-12-13-50-14-15-51-16-17-52-18-19-53-40-36(48)59-37(4,5)6/h8-9,20,30-33,35,41H,10-19,21H2,1-7H3,(H,38,45)(H,39,46)(H,40,48). The molecule has 5 atom stereocenters. The second-order valence-electron chi connectivity index (χ2n) is 13.5. The van der Waals surface area contributed by atoms with Crippen LogP contribution in [0.4, 0.5) is 10.5 Å². The molecule has 2 rings (SSSR count). The van der Waals surface area contributed by atoms with E-state index in [9.17, 15) is 38.7 Å². The molecule has 3 amide bonds. The van der Waals surface area contributed by atoms with Gasteiger partial charge in [-0.05, 0) is 39.0 Å². The van der Waals surface area contributed by atoms with Crippen molar-refractivity contribution >= 4 is 47.5 Å². The van der Waals surface area contributed by atoms with Gasteiger partial charge in [-0.3, -0.25) is 28.8 Å². The zero-order chi connectivity index (χ0) is 44.0. The maximum Gasteiger partial charge on any atom is 0.431 e. The first-order valence-corrected chi connectivity index (χ1v) is 18.5. The molecule has 0 aromatic heterocycles. The van der Waals surface area contributed by atoms with Gasteiger partial charge in [-0.2, -0.15) is 5.48 Å². The van der Waals surface area contributed by atoms with E-state index < -0.39 is 78.8 Å². The van der Waals surface area contributed by atoms with Gasteiger partial charge in [-0.25, -0.2) is 9.59 Å². The third-order valence-electron chi connectivity index (χ3n) is 7.37. The number of nitrogens with one attached hydrogen (secondary N) is 3. The minimum absolute atomic E-state index is 0.0420. The molecule has 4 N–H and O–H groups in total. The van der Waals surface area contributed by atoms with E-state index in [1.165, 1.54) is 18.2 Å². The Kier molecular flexibility index (Phi) is 22.1. The molecule has 1 heterocycles. The number of rotatable bonds is 24. The number of aliphatic hydroxyl groups is 1. The zero-order valence-electron chi connectivity index (χ0n) is 34.2. The summed E-state index contributed by atoms with van der Waals surface area (Å²) in [5.41, 5.74) is 1.87. The van der Waals surface area contributed by atoms with Crippen LogP contribution in [0.5, 0.6) is 5.75 Å². The number of esters is 4. The van der Waals surface area contributed by atoms with Crippen LogP contribution in [0, 0.1) is 0 Å². The third kappa shape index (κ3) is 19.9. The van der Waals surface area contributed by atoms with Crippen LogP contribution in [0.3, 0.4) is 0 Å². The fourth-order valence-corrected chi connectivity index (χ4v) is 5.05. The number of benzene rings is 1. The molecule has 1 aliphatic heterocycles. The molecule has 0 aliphatic carbocycles. The fraction of sp³-hybridized carbons (Fsp3) is 0.649. The lowest BCUT2D eigenvalue weighted by Gasteiger charge is -2.43. The summed E-state index contributed by atoms with van der Waals surface area (Å²) in [4.78, 5) is 90.0. The Labute approximate surface area is 341 Å². The molecular weight excluding hydrogens is 790 g/mol. The molecule has 1 aliphatic rings. The van der Waals surface area contributed by atoms with E-state index >= 15 is 0 Å². The van der Waals surface area contributed by atoms with Crippen LogP contribution in [0.2, 0.25) is 0 Å². The predicted molar refractivity (Wildman–Crippen MR) is 199 cm³/mol. The normalized spacial score (nSPS) is 18.7. The molecule has 332 valence electrons. The number of ether oxygens (including phenoxy) is 10. The third-order valence-corrected chi connectivity index (χ3v) is 7.37. The number of hydroxylamine groups is 1. The molecule has 1 fully saturated rings. The number of methoxy groups -OCH3 is 1. The summed E-state index contributed by atoms with van der Waals surface area (Å²) in [5.74, 6) is -4.55. The van der Waals surface area contributed by atoms with Crippen LogP contribution in [-0.4, -0.2) is 143 Å². The van der Waals surface area contributed by atoms with Crippen LogP contribution in [-0.2, 0) is 82.8 Å². The van der Waals surface area contributed by atoms with Crippen molar-refractivity contribution in [3.8, 4) is 5.75 Å². The number of amides is 3. The quantitative estimate of drug-likeness (QED) is 0.0480. The Hall–Kier alpha value is -5.13. The highest BCUT2D eigenvalue weighted by molar-refractivity contribution is 5.93. The maximum absolute atomic E-state index is 12.7. The van der Waals surface area contributed by atoms with Gasteiger partial charge in [0.05, 0.1) is 60.0 Å². The molecular formula is C37H55N3O19. The zero-order valence-corrected chi connectivity index (χ0v) is 34.2. The topological polar surface area (TPSA) is 277 Å². The van der Waals surface area contributed by atoms with Crippen LogP contribution < -0.4 is 20.9 Å². The van der Waals surface area contributed by atoms with Crippen LogP contribution >= 0.6 is 0 Å². The van der Waals surface area contributed by atoms with Gasteiger partial charge in [0.25, 0.3) is 0 Å². The molecule has 1 aromatic carbocycles. The predicted octanol–water partition coefficient (Wildman–Crippen LogP) is 0.592. The summed E-state index contributed by atoms with van der Waals surface area (Å²) in [7, 11) is 1.04. The van der Waals surface area contributed by atoms with Crippen molar-refractivity contribution in [3.05, 3.63) is 23.8 Å². The van der Waals surface area contributed by atoms with Crippen molar-refractivity contribution in [1.82, 2.24) is 10.8 Å². The summed E-state index contributed by atoms with van der Waals surface area (Å²) in [6, 6.07) is 4.13. The number of carbonyl (C=O) groups excluding carboxylic acids is 7. The van der Waals surface area contributed by atoms with E-state index in [2.05, 4.69) is 16.1 Å². The summed E-state index contributed by atoms with van der Waals surface area (Å²) < 4.78 is 53.5. The van der Waals surface area contributed by atoms with Crippen LogP contribution in [0.25, 0.3) is 0 Å². The van der Waals surface area contributed by atoms with Gasteiger partial charge >= 0.3 is 30.0 Å². The van der Waals surface area contributed by atoms with E-state index in [0.29, 0.717) is 19.8 Å². The molecule has 0 radical (unpaired) electrons. The largest absolute Gasteiger partial charge is 0.467 e. The molecule has 59 heavy (non-hydrogen) atoms. The summed E-state index contributed by atoms with van der Waals surface area (Å²) in [5, 5.41) is 15.4.